The van der Waals surface area contributed by atoms with E-state index in [9.17, 15) is 4.79 Å². The van der Waals surface area contributed by atoms with E-state index in [0.29, 0.717) is 5.92 Å². The van der Waals surface area contributed by atoms with Gasteiger partial charge in [0, 0.05) is 32.5 Å². The Kier molecular flexibility index (Phi) is 5.03. The Balaban J connectivity index is 1.44. The smallest absolute Gasteiger partial charge is 0.263 e. The number of rotatable bonds is 4. The van der Waals surface area contributed by atoms with E-state index < -0.39 is 0 Å². The number of carbonyl (C=O) groups is 1. The molecule has 4 heterocycles. The van der Waals surface area contributed by atoms with Crippen LogP contribution in [-0.4, -0.2) is 43.4 Å². The fraction of sp³-hybridized carbons (Fsp3) is 0.400. The zero-order valence-corrected chi connectivity index (χ0v) is 16.4. The van der Waals surface area contributed by atoms with Crippen LogP contribution in [0.15, 0.2) is 36.1 Å². The van der Waals surface area contributed by atoms with Gasteiger partial charge in [-0.25, -0.2) is 4.98 Å². The molecule has 0 N–H and O–H groups in total. The third kappa shape index (κ3) is 3.64. The summed E-state index contributed by atoms with van der Waals surface area (Å²) in [4.78, 5) is 28.9. The molecule has 0 aromatic carbocycles. The number of amides is 1. The lowest BCUT2D eigenvalue weighted by Gasteiger charge is -2.31. The minimum Gasteiger partial charge on any atom is -0.338 e. The second-order valence-electron chi connectivity index (χ2n) is 7.02. The SMILES string of the molecule is Cc1ncc(-c2nccnc2CC2CCN(C(=O)c3cccs3)CC2)n1C. The van der Waals surface area contributed by atoms with Gasteiger partial charge in [0.15, 0.2) is 0 Å². The molecule has 0 unspecified atom stereocenters. The molecule has 3 aromatic rings. The van der Waals surface area contributed by atoms with Gasteiger partial charge in [0.1, 0.15) is 11.5 Å². The molecule has 7 heteroatoms. The van der Waals surface area contributed by atoms with E-state index >= 15 is 0 Å². The number of hydrogen-bond acceptors (Lipinski definition) is 5. The highest BCUT2D eigenvalue weighted by molar-refractivity contribution is 7.12. The molecule has 1 fully saturated rings. The molecule has 0 saturated carbocycles. The first-order chi connectivity index (χ1) is 13.1. The quantitative estimate of drug-likeness (QED) is 0.695. The zero-order chi connectivity index (χ0) is 18.8. The molecule has 0 spiro atoms. The van der Waals surface area contributed by atoms with Gasteiger partial charge in [-0.15, -0.1) is 11.3 Å². The number of nitrogens with zero attached hydrogens (tertiary/aromatic N) is 5. The van der Waals surface area contributed by atoms with Crippen molar-refractivity contribution in [1.82, 2.24) is 24.4 Å². The van der Waals surface area contributed by atoms with Gasteiger partial charge in [0.05, 0.1) is 22.5 Å². The van der Waals surface area contributed by atoms with Gasteiger partial charge in [0.2, 0.25) is 0 Å². The molecule has 6 nitrogen and oxygen atoms in total. The molecule has 4 rings (SSSR count). The number of thiophene rings is 1. The van der Waals surface area contributed by atoms with Crippen LogP contribution in [0.4, 0.5) is 0 Å². The molecule has 1 aliphatic heterocycles. The molecule has 1 aliphatic rings. The van der Waals surface area contributed by atoms with Crippen molar-refractivity contribution in [3.63, 3.8) is 0 Å². The molecule has 0 bridgehead atoms. The predicted molar refractivity (Wildman–Crippen MR) is 106 cm³/mol. The normalized spacial score (nSPS) is 15.3. The second kappa shape index (κ2) is 7.60. The topological polar surface area (TPSA) is 63.9 Å². The van der Waals surface area contributed by atoms with E-state index in [1.807, 2.05) is 42.6 Å². The standard InChI is InChI=1S/C20H23N5OS/c1-14-23-13-17(24(14)2)19-16(21-7-8-22-19)12-15-5-9-25(10-6-15)20(26)18-4-3-11-27-18/h3-4,7-8,11,13,15H,5-6,9-10,12H2,1-2H3. The monoisotopic (exact) mass is 381 g/mol. The minimum atomic E-state index is 0.161. The number of hydrogen-bond donors (Lipinski definition) is 0. The van der Waals surface area contributed by atoms with E-state index in [1.54, 1.807) is 12.4 Å². The summed E-state index contributed by atoms with van der Waals surface area (Å²) >= 11 is 1.51. The Bertz CT molecular complexity index is 926. The van der Waals surface area contributed by atoms with Crippen LogP contribution in [0.3, 0.4) is 0 Å². The van der Waals surface area contributed by atoms with Crippen LogP contribution in [0.5, 0.6) is 0 Å². The summed E-state index contributed by atoms with van der Waals surface area (Å²) in [6, 6.07) is 3.83. The van der Waals surface area contributed by atoms with E-state index in [-0.39, 0.29) is 5.91 Å². The van der Waals surface area contributed by atoms with Gasteiger partial charge in [-0.3, -0.25) is 14.8 Å². The van der Waals surface area contributed by atoms with Crippen LogP contribution in [0.25, 0.3) is 11.4 Å². The van der Waals surface area contributed by atoms with Crippen molar-refractivity contribution in [2.45, 2.75) is 26.2 Å². The number of aromatic nitrogens is 4. The Morgan fingerprint density at radius 3 is 2.67 bits per heavy atom. The molecule has 1 saturated heterocycles. The maximum atomic E-state index is 12.5. The molecule has 3 aromatic heterocycles. The minimum absolute atomic E-state index is 0.161. The fourth-order valence-corrected chi connectivity index (χ4v) is 4.31. The predicted octanol–water partition coefficient (Wildman–Crippen LogP) is 3.34. The van der Waals surface area contributed by atoms with Crippen molar-refractivity contribution in [3.05, 3.63) is 52.5 Å². The van der Waals surface area contributed by atoms with Crippen LogP contribution in [0, 0.1) is 12.8 Å². The van der Waals surface area contributed by atoms with Gasteiger partial charge in [0.25, 0.3) is 5.91 Å². The van der Waals surface area contributed by atoms with Crippen LogP contribution < -0.4 is 0 Å². The average Bonchev–Trinajstić information content (AvgIpc) is 3.34. The van der Waals surface area contributed by atoms with Gasteiger partial charge in [-0.2, -0.15) is 0 Å². The number of imidazole rings is 1. The second-order valence-corrected chi connectivity index (χ2v) is 7.97. The van der Waals surface area contributed by atoms with E-state index in [2.05, 4.69) is 19.5 Å². The Morgan fingerprint density at radius 1 is 1.22 bits per heavy atom. The molecule has 1 amide bonds. The summed E-state index contributed by atoms with van der Waals surface area (Å²) in [7, 11) is 2.00. The fourth-order valence-electron chi connectivity index (χ4n) is 3.62. The Labute approximate surface area is 162 Å². The Morgan fingerprint density at radius 2 is 2.00 bits per heavy atom. The summed E-state index contributed by atoms with van der Waals surface area (Å²) in [6.07, 6.45) is 8.25. The van der Waals surface area contributed by atoms with Crippen LogP contribution in [0.1, 0.15) is 34.0 Å². The lowest BCUT2D eigenvalue weighted by Crippen LogP contribution is -2.38. The lowest BCUT2D eigenvalue weighted by molar-refractivity contribution is 0.0695. The number of carbonyl (C=O) groups excluding carboxylic acids is 1. The molecule has 0 atom stereocenters. The number of piperidine rings is 1. The van der Waals surface area contributed by atoms with Gasteiger partial charge < -0.3 is 9.47 Å². The molecular formula is C20H23N5OS. The first-order valence-corrected chi connectivity index (χ1v) is 10.1. The summed E-state index contributed by atoms with van der Waals surface area (Å²) < 4.78 is 2.05. The summed E-state index contributed by atoms with van der Waals surface area (Å²) in [5.41, 5.74) is 2.93. The maximum absolute atomic E-state index is 12.5. The molecule has 0 radical (unpaired) electrons. The zero-order valence-electron chi connectivity index (χ0n) is 15.6. The largest absolute Gasteiger partial charge is 0.338 e. The third-order valence-corrected chi connectivity index (χ3v) is 6.21. The Hall–Kier alpha value is -2.54. The van der Waals surface area contributed by atoms with Crippen LogP contribution in [-0.2, 0) is 13.5 Å². The van der Waals surface area contributed by atoms with Crippen molar-refractivity contribution >= 4 is 17.2 Å². The van der Waals surface area contributed by atoms with E-state index in [4.69, 9.17) is 0 Å². The van der Waals surface area contributed by atoms with Crippen LogP contribution >= 0.6 is 11.3 Å². The van der Waals surface area contributed by atoms with Crippen molar-refractivity contribution < 1.29 is 4.79 Å². The highest BCUT2D eigenvalue weighted by Gasteiger charge is 2.25. The van der Waals surface area contributed by atoms with Crippen molar-refractivity contribution in [3.8, 4) is 11.4 Å². The highest BCUT2D eigenvalue weighted by atomic mass is 32.1. The molecular weight excluding hydrogens is 358 g/mol. The first kappa shape index (κ1) is 17.9. The van der Waals surface area contributed by atoms with E-state index in [0.717, 1.165) is 60.1 Å². The van der Waals surface area contributed by atoms with Gasteiger partial charge >= 0.3 is 0 Å². The average molecular weight is 382 g/mol. The van der Waals surface area contributed by atoms with Gasteiger partial charge in [-0.1, -0.05) is 6.07 Å². The maximum Gasteiger partial charge on any atom is 0.263 e. The van der Waals surface area contributed by atoms with Gasteiger partial charge in [-0.05, 0) is 43.6 Å². The lowest BCUT2D eigenvalue weighted by atomic mass is 9.91. The number of likely N-dealkylation sites (tertiary alicyclic amines) is 1. The van der Waals surface area contributed by atoms with Crippen molar-refractivity contribution in [2.24, 2.45) is 13.0 Å². The van der Waals surface area contributed by atoms with Crippen LogP contribution in [0.2, 0.25) is 0 Å². The summed E-state index contributed by atoms with van der Waals surface area (Å²) in [6.45, 7) is 3.60. The number of aryl methyl sites for hydroxylation is 1. The third-order valence-electron chi connectivity index (χ3n) is 5.35. The summed E-state index contributed by atoms with van der Waals surface area (Å²) in [5, 5.41) is 1.95. The summed E-state index contributed by atoms with van der Waals surface area (Å²) in [5.74, 6) is 1.64. The molecule has 0 aliphatic carbocycles. The first-order valence-electron chi connectivity index (χ1n) is 9.25. The highest BCUT2D eigenvalue weighted by Crippen LogP contribution is 2.27. The molecule has 27 heavy (non-hydrogen) atoms. The van der Waals surface area contributed by atoms with Crippen molar-refractivity contribution in [1.29, 1.82) is 0 Å². The molecule has 140 valence electrons. The van der Waals surface area contributed by atoms with E-state index in [1.165, 1.54) is 11.3 Å². The van der Waals surface area contributed by atoms with Crippen molar-refractivity contribution in [2.75, 3.05) is 13.1 Å².